The molecule has 0 heterocycles. The molecular formula is C9H17NO. The first-order chi connectivity index (χ1) is 5.26. The SMILES string of the molecule is C=C(NCC)/C(=C\CC)OC. The summed E-state index contributed by atoms with van der Waals surface area (Å²) < 4.78 is 5.10. The molecule has 2 heteroatoms. The van der Waals surface area contributed by atoms with E-state index in [1.807, 2.05) is 13.0 Å². The Bertz CT molecular complexity index is 150. The molecule has 0 atom stereocenters. The smallest absolute Gasteiger partial charge is 0.137 e. The summed E-state index contributed by atoms with van der Waals surface area (Å²) in [6.45, 7) is 8.81. The van der Waals surface area contributed by atoms with E-state index in [0.717, 1.165) is 24.4 Å². The molecule has 0 saturated heterocycles. The van der Waals surface area contributed by atoms with Crippen molar-refractivity contribution in [3.8, 4) is 0 Å². The summed E-state index contributed by atoms with van der Waals surface area (Å²) >= 11 is 0. The Labute approximate surface area is 68.9 Å². The Kier molecular flexibility index (Phi) is 5.35. The molecule has 2 nitrogen and oxygen atoms in total. The van der Waals surface area contributed by atoms with E-state index < -0.39 is 0 Å². The lowest BCUT2D eigenvalue weighted by Gasteiger charge is -2.09. The van der Waals surface area contributed by atoms with E-state index in [1.165, 1.54) is 0 Å². The van der Waals surface area contributed by atoms with Crippen LogP contribution < -0.4 is 5.32 Å². The number of methoxy groups -OCH3 is 1. The summed E-state index contributed by atoms with van der Waals surface area (Å²) in [6.07, 6.45) is 2.97. The molecule has 64 valence electrons. The maximum absolute atomic E-state index is 5.10. The average Bonchev–Trinajstić information content (AvgIpc) is 2.00. The van der Waals surface area contributed by atoms with Gasteiger partial charge >= 0.3 is 0 Å². The molecule has 0 amide bonds. The fourth-order valence-corrected chi connectivity index (χ4v) is 0.816. The minimum Gasteiger partial charge on any atom is -0.495 e. The summed E-state index contributed by atoms with van der Waals surface area (Å²) in [5.74, 6) is 0.842. The average molecular weight is 155 g/mol. The number of allylic oxidation sites excluding steroid dienone is 1. The van der Waals surface area contributed by atoms with E-state index in [2.05, 4.69) is 18.8 Å². The molecule has 0 aromatic carbocycles. The molecule has 0 fully saturated rings. The lowest BCUT2D eigenvalue weighted by Crippen LogP contribution is -2.13. The molecule has 0 aliphatic carbocycles. The van der Waals surface area contributed by atoms with Crippen LogP contribution in [-0.2, 0) is 4.74 Å². The van der Waals surface area contributed by atoms with Crippen LogP contribution in [0.5, 0.6) is 0 Å². The molecule has 1 N–H and O–H groups in total. The van der Waals surface area contributed by atoms with Crippen LogP contribution >= 0.6 is 0 Å². The molecule has 0 spiro atoms. The molecule has 0 unspecified atom stereocenters. The third-order valence-electron chi connectivity index (χ3n) is 1.30. The zero-order valence-electron chi connectivity index (χ0n) is 7.61. The molecule has 0 aliphatic rings. The Morgan fingerprint density at radius 2 is 2.18 bits per heavy atom. The fraction of sp³-hybridized carbons (Fsp3) is 0.556. The standard InChI is InChI=1S/C9H17NO/c1-5-7-9(11-4)8(3)10-6-2/h7,10H,3,5-6H2,1-2,4H3/b9-7+. The monoisotopic (exact) mass is 155 g/mol. The van der Waals surface area contributed by atoms with Crippen molar-refractivity contribution in [1.82, 2.24) is 5.32 Å². The van der Waals surface area contributed by atoms with Crippen molar-refractivity contribution in [2.24, 2.45) is 0 Å². The molecule has 0 bridgehead atoms. The van der Waals surface area contributed by atoms with Crippen molar-refractivity contribution >= 4 is 0 Å². The second kappa shape index (κ2) is 5.83. The lowest BCUT2D eigenvalue weighted by atomic mass is 10.3. The molecule has 11 heavy (non-hydrogen) atoms. The minimum atomic E-state index is 0.842. The number of hydrogen-bond donors (Lipinski definition) is 1. The van der Waals surface area contributed by atoms with Gasteiger partial charge < -0.3 is 10.1 Å². The molecule has 0 aliphatic heterocycles. The van der Waals surface area contributed by atoms with E-state index in [1.54, 1.807) is 7.11 Å². The predicted molar refractivity (Wildman–Crippen MR) is 48.2 cm³/mol. The highest BCUT2D eigenvalue weighted by atomic mass is 16.5. The quantitative estimate of drug-likeness (QED) is 0.484. The summed E-state index contributed by atoms with van der Waals surface area (Å²) in [5.41, 5.74) is 0.858. The third kappa shape index (κ3) is 3.71. The Morgan fingerprint density at radius 3 is 2.55 bits per heavy atom. The van der Waals surface area contributed by atoms with Gasteiger partial charge in [0.05, 0.1) is 12.8 Å². The second-order valence-corrected chi connectivity index (χ2v) is 2.19. The summed E-state index contributed by atoms with van der Waals surface area (Å²) in [4.78, 5) is 0. The van der Waals surface area contributed by atoms with Gasteiger partial charge in [0.2, 0.25) is 0 Å². The van der Waals surface area contributed by atoms with Crippen LogP contribution in [-0.4, -0.2) is 13.7 Å². The van der Waals surface area contributed by atoms with E-state index in [0.29, 0.717) is 0 Å². The number of nitrogens with one attached hydrogen (secondary N) is 1. The molecule has 0 aromatic rings. The highest BCUT2D eigenvalue weighted by Crippen LogP contribution is 2.05. The van der Waals surface area contributed by atoms with Gasteiger partial charge in [-0.15, -0.1) is 0 Å². The topological polar surface area (TPSA) is 21.3 Å². The van der Waals surface area contributed by atoms with Crippen molar-refractivity contribution < 1.29 is 4.74 Å². The zero-order chi connectivity index (χ0) is 8.69. The maximum atomic E-state index is 5.10. The Morgan fingerprint density at radius 1 is 1.55 bits per heavy atom. The zero-order valence-corrected chi connectivity index (χ0v) is 7.61. The summed E-state index contributed by atoms with van der Waals surface area (Å²) in [7, 11) is 1.66. The van der Waals surface area contributed by atoms with Crippen molar-refractivity contribution in [2.45, 2.75) is 20.3 Å². The molecular weight excluding hydrogens is 138 g/mol. The largest absolute Gasteiger partial charge is 0.495 e. The van der Waals surface area contributed by atoms with Gasteiger partial charge in [0, 0.05) is 6.54 Å². The first-order valence-electron chi connectivity index (χ1n) is 3.93. The van der Waals surface area contributed by atoms with Crippen LogP contribution in [0.25, 0.3) is 0 Å². The Balaban J connectivity index is 4.03. The van der Waals surface area contributed by atoms with Gasteiger partial charge in [-0.25, -0.2) is 0 Å². The van der Waals surface area contributed by atoms with Crippen molar-refractivity contribution in [3.05, 3.63) is 24.1 Å². The van der Waals surface area contributed by atoms with Gasteiger partial charge in [0.1, 0.15) is 5.76 Å². The van der Waals surface area contributed by atoms with E-state index in [4.69, 9.17) is 4.74 Å². The van der Waals surface area contributed by atoms with Crippen LogP contribution in [0.15, 0.2) is 24.1 Å². The number of ether oxygens (including phenoxy) is 1. The van der Waals surface area contributed by atoms with Crippen LogP contribution in [0.1, 0.15) is 20.3 Å². The van der Waals surface area contributed by atoms with Crippen LogP contribution in [0.4, 0.5) is 0 Å². The fourth-order valence-electron chi connectivity index (χ4n) is 0.816. The number of likely N-dealkylation sites (N-methyl/N-ethyl adjacent to an activating group) is 1. The third-order valence-corrected chi connectivity index (χ3v) is 1.30. The first kappa shape index (κ1) is 10.1. The number of rotatable bonds is 5. The van der Waals surface area contributed by atoms with Crippen molar-refractivity contribution in [3.63, 3.8) is 0 Å². The van der Waals surface area contributed by atoms with E-state index in [9.17, 15) is 0 Å². The lowest BCUT2D eigenvalue weighted by molar-refractivity contribution is 0.295. The van der Waals surface area contributed by atoms with Gasteiger partial charge in [-0.05, 0) is 19.4 Å². The van der Waals surface area contributed by atoms with Crippen molar-refractivity contribution in [2.75, 3.05) is 13.7 Å². The number of hydrogen-bond acceptors (Lipinski definition) is 2. The van der Waals surface area contributed by atoms with E-state index >= 15 is 0 Å². The Hall–Kier alpha value is -0.920. The minimum absolute atomic E-state index is 0.842. The van der Waals surface area contributed by atoms with Crippen LogP contribution in [0.2, 0.25) is 0 Å². The maximum Gasteiger partial charge on any atom is 0.137 e. The molecule has 0 aromatic heterocycles. The van der Waals surface area contributed by atoms with Crippen molar-refractivity contribution in [1.29, 1.82) is 0 Å². The molecule has 0 radical (unpaired) electrons. The second-order valence-electron chi connectivity index (χ2n) is 2.19. The van der Waals surface area contributed by atoms with Crippen LogP contribution in [0.3, 0.4) is 0 Å². The van der Waals surface area contributed by atoms with Gasteiger partial charge in [-0.1, -0.05) is 13.5 Å². The highest BCUT2D eigenvalue weighted by molar-refractivity contribution is 5.20. The summed E-state index contributed by atoms with van der Waals surface area (Å²) in [6, 6.07) is 0. The van der Waals surface area contributed by atoms with Gasteiger partial charge in [0.15, 0.2) is 0 Å². The predicted octanol–water partition coefficient (Wildman–Crippen LogP) is 2.05. The molecule has 0 saturated carbocycles. The highest BCUT2D eigenvalue weighted by Gasteiger charge is 1.98. The first-order valence-corrected chi connectivity index (χ1v) is 3.93. The molecule has 0 rings (SSSR count). The van der Waals surface area contributed by atoms with Crippen LogP contribution in [0, 0.1) is 0 Å². The van der Waals surface area contributed by atoms with Gasteiger partial charge in [0.25, 0.3) is 0 Å². The van der Waals surface area contributed by atoms with Gasteiger partial charge in [-0.3, -0.25) is 0 Å². The summed E-state index contributed by atoms with van der Waals surface area (Å²) in [5, 5.41) is 3.09. The normalized spacial score (nSPS) is 11.0. The van der Waals surface area contributed by atoms with E-state index in [-0.39, 0.29) is 0 Å². The van der Waals surface area contributed by atoms with Gasteiger partial charge in [-0.2, -0.15) is 0 Å².